The van der Waals surface area contributed by atoms with E-state index in [1.54, 1.807) is 0 Å². The van der Waals surface area contributed by atoms with Gasteiger partial charge in [0, 0.05) is 14.0 Å². The molecule has 96 valence electrons. The maximum absolute atomic E-state index is 12.5. The topological polar surface area (TPSA) is 143 Å². The lowest BCUT2D eigenvalue weighted by Crippen LogP contribution is -2.38. The highest BCUT2D eigenvalue weighted by Crippen LogP contribution is 2.46. The smallest absolute Gasteiger partial charge is 0.328 e. The van der Waals surface area contributed by atoms with E-state index in [2.05, 4.69) is 0 Å². The highest BCUT2D eigenvalue weighted by molar-refractivity contribution is 7.51. The Balaban J connectivity index is 4.39. The van der Waals surface area contributed by atoms with E-state index in [4.69, 9.17) is 0 Å². The molecule has 0 spiro atoms. The van der Waals surface area contributed by atoms with Gasteiger partial charge in [-0.1, -0.05) is 7.60 Å². The third-order valence-corrected chi connectivity index (χ3v) is 3.32. The van der Waals surface area contributed by atoms with Crippen molar-refractivity contribution in [3.63, 3.8) is 0 Å². The molecule has 0 amide bonds. The van der Waals surface area contributed by atoms with Gasteiger partial charge in [-0.05, 0) is 12.6 Å². The van der Waals surface area contributed by atoms with Gasteiger partial charge in [0.25, 0.3) is 0 Å². The quantitative estimate of drug-likeness (QED) is 0.499. The van der Waals surface area contributed by atoms with Crippen LogP contribution in [0.15, 0.2) is 0 Å². The van der Waals surface area contributed by atoms with Crippen LogP contribution >= 0.6 is 15.2 Å². The van der Waals surface area contributed by atoms with Crippen molar-refractivity contribution in [1.29, 1.82) is 0 Å². The summed E-state index contributed by atoms with van der Waals surface area (Å²) in [5.41, 5.74) is -5.07. The summed E-state index contributed by atoms with van der Waals surface area (Å²) in [6, 6.07) is 0. The summed E-state index contributed by atoms with van der Waals surface area (Å²) >= 11 is 0. The predicted octanol–water partition coefficient (Wildman–Crippen LogP) is -2.24. The van der Waals surface area contributed by atoms with E-state index in [1.165, 1.54) is 0 Å². The Labute approximate surface area is 88.8 Å². The van der Waals surface area contributed by atoms with Crippen molar-refractivity contribution in [1.82, 2.24) is 0 Å². The van der Waals surface area contributed by atoms with Crippen LogP contribution in [0.2, 0.25) is 0 Å². The Bertz CT molecular complexity index is 356. The fraction of sp³-hybridized carbons (Fsp3) is 0.800. The van der Waals surface area contributed by atoms with Crippen molar-refractivity contribution in [3.8, 4) is 0 Å². The van der Waals surface area contributed by atoms with Crippen molar-refractivity contribution in [2.45, 2.75) is 18.5 Å². The van der Waals surface area contributed by atoms with E-state index < -0.39 is 45.6 Å². The Morgan fingerprint density at radius 3 is 1.88 bits per heavy atom. The molecule has 0 atom stereocenters. The number of carbonyl (C=O) groups excluding carboxylic acids is 1. The van der Waals surface area contributed by atoms with E-state index in [9.17, 15) is 42.3 Å². The first-order chi connectivity index (χ1) is 6.88. The molecule has 0 aliphatic heterocycles. The summed E-state index contributed by atoms with van der Waals surface area (Å²) in [5.74, 6) is -2.21. The number of hydrogen-bond donors (Lipinski definition) is 0. The fourth-order valence-corrected chi connectivity index (χ4v) is 1.70. The van der Waals surface area contributed by atoms with Gasteiger partial charge in [-0.3, -0.25) is 4.79 Å². The zero-order valence-electron chi connectivity index (χ0n) is 7.63. The van der Waals surface area contributed by atoms with Gasteiger partial charge in [0.15, 0.2) is 0 Å². The summed E-state index contributed by atoms with van der Waals surface area (Å²) in [7, 11) is -11.4. The number of alkyl halides is 2. The van der Waals surface area contributed by atoms with Gasteiger partial charge in [-0.2, -0.15) is 8.78 Å². The maximum Gasteiger partial charge on any atom is 0.328 e. The number of Topliss-reactive ketones (excluding diaryl/α,β-unsaturated/α-hetero) is 1. The van der Waals surface area contributed by atoms with Crippen molar-refractivity contribution in [2.24, 2.45) is 0 Å². The summed E-state index contributed by atoms with van der Waals surface area (Å²) in [6.07, 6.45) is -2.98. The summed E-state index contributed by atoms with van der Waals surface area (Å²) in [6.45, 7) is 0. The minimum absolute atomic E-state index is 0.751. The number of ketones is 1. The second kappa shape index (κ2) is 5.00. The van der Waals surface area contributed by atoms with Crippen LogP contribution in [0, 0.1) is 0 Å². The monoisotopic (exact) mass is 278 g/mol. The molecule has 0 unspecified atom stereocenters. The van der Waals surface area contributed by atoms with Gasteiger partial charge in [0.1, 0.15) is 0 Å². The average Bonchev–Trinajstić information content (AvgIpc) is 1.99. The molecular formula is C5H6F2O7P2-4. The van der Waals surface area contributed by atoms with Crippen LogP contribution in [0.1, 0.15) is 12.8 Å². The molecular weight excluding hydrogens is 272 g/mol. The molecule has 0 aromatic rings. The van der Waals surface area contributed by atoms with Gasteiger partial charge >= 0.3 is 5.66 Å². The third-order valence-electron chi connectivity index (χ3n) is 1.52. The standard InChI is InChI=1S/C5H10F2O7P2/c6-5(7,16(12,13)14)4(8)2-1-3-15(9,10)11/h1-3H2,(H2,9,10,11)(H2,12,13,14)/p-4. The van der Waals surface area contributed by atoms with E-state index in [-0.39, 0.29) is 0 Å². The number of hydrogen-bond acceptors (Lipinski definition) is 7. The lowest BCUT2D eigenvalue weighted by Gasteiger charge is -2.36. The van der Waals surface area contributed by atoms with Gasteiger partial charge in [0.2, 0.25) is 5.78 Å². The Morgan fingerprint density at radius 1 is 1.12 bits per heavy atom. The largest absolute Gasteiger partial charge is 0.811 e. The molecule has 0 aliphatic carbocycles. The van der Waals surface area contributed by atoms with E-state index in [0.717, 1.165) is 0 Å². The summed E-state index contributed by atoms with van der Waals surface area (Å²) in [4.78, 5) is 50.6. The molecule has 0 saturated carbocycles. The molecule has 0 heterocycles. The van der Waals surface area contributed by atoms with Crippen LogP contribution < -0.4 is 19.6 Å². The molecule has 0 N–H and O–H groups in total. The van der Waals surface area contributed by atoms with Crippen molar-refractivity contribution < 1.29 is 42.3 Å². The first kappa shape index (κ1) is 15.8. The first-order valence-corrected chi connectivity index (χ1v) is 7.09. The molecule has 0 aliphatic rings. The Kier molecular flexibility index (Phi) is 4.94. The Hall–Kier alpha value is -0.170. The number of carbonyl (C=O) groups is 1. The third kappa shape index (κ3) is 4.78. The summed E-state index contributed by atoms with van der Waals surface area (Å²) in [5, 5.41) is 0. The van der Waals surface area contributed by atoms with Crippen LogP contribution in [0.25, 0.3) is 0 Å². The van der Waals surface area contributed by atoms with Crippen molar-refractivity contribution in [2.75, 3.05) is 6.16 Å². The lowest BCUT2D eigenvalue weighted by atomic mass is 10.2. The van der Waals surface area contributed by atoms with E-state index in [0.29, 0.717) is 0 Å². The maximum atomic E-state index is 12.5. The van der Waals surface area contributed by atoms with Crippen LogP contribution in [-0.2, 0) is 13.9 Å². The predicted molar refractivity (Wildman–Crippen MR) is 39.3 cm³/mol. The molecule has 0 saturated heterocycles. The van der Waals surface area contributed by atoms with Gasteiger partial charge in [-0.15, -0.1) is 0 Å². The number of rotatable bonds is 6. The molecule has 0 aromatic carbocycles. The molecule has 0 rings (SSSR count). The van der Waals surface area contributed by atoms with Crippen LogP contribution in [0.5, 0.6) is 0 Å². The minimum atomic E-state index is -6.41. The van der Waals surface area contributed by atoms with E-state index in [1.807, 2.05) is 0 Å². The molecule has 0 bridgehead atoms. The molecule has 0 fully saturated rings. The SMILES string of the molecule is O=C(CCCP(=O)([O-])[O-])C(F)(F)P(=O)([O-])[O-]. The number of halogens is 2. The van der Waals surface area contributed by atoms with Crippen molar-refractivity contribution in [3.05, 3.63) is 0 Å². The van der Waals surface area contributed by atoms with Gasteiger partial charge < -0.3 is 28.7 Å². The zero-order chi connectivity index (χ0) is 13.2. The summed E-state index contributed by atoms with van der Waals surface area (Å²) < 4.78 is 45.0. The molecule has 0 radical (unpaired) electrons. The fourth-order valence-electron chi connectivity index (χ4n) is 0.736. The average molecular weight is 278 g/mol. The van der Waals surface area contributed by atoms with Gasteiger partial charge in [0.05, 0.1) is 0 Å². The highest BCUT2D eigenvalue weighted by Gasteiger charge is 2.41. The first-order valence-electron chi connectivity index (χ1n) is 3.82. The minimum Gasteiger partial charge on any atom is -0.811 e. The Morgan fingerprint density at radius 2 is 1.56 bits per heavy atom. The highest BCUT2D eigenvalue weighted by atomic mass is 31.2. The lowest BCUT2D eigenvalue weighted by molar-refractivity contribution is -0.330. The van der Waals surface area contributed by atoms with Crippen molar-refractivity contribution >= 4 is 21.0 Å². The van der Waals surface area contributed by atoms with Gasteiger partial charge in [-0.25, -0.2) is 0 Å². The second-order valence-electron chi connectivity index (χ2n) is 2.90. The molecule has 0 aromatic heterocycles. The second-order valence-corrected chi connectivity index (χ2v) is 6.13. The van der Waals surface area contributed by atoms with Crippen LogP contribution in [0.4, 0.5) is 8.78 Å². The molecule has 11 heteroatoms. The molecule has 7 nitrogen and oxygen atoms in total. The van der Waals surface area contributed by atoms with Crippen LogP contribution in [0.3, 0.4) is 0 Å². The van der Waals surface area contributed by atoms with Crippen LogP contribution in [-0.4, -0.2) is 17.6 Å². The van der Waals surface area contributed by atoms with E-state index >= 15 is 0 Å². The molecule has 16 heavy (non-hydrogen) atoms. The zero-order valence-corrected chi connectivity index (χ0v) is 9.42. The normalized spacial score (nSPS) is 13.9.